The Morgan fingerprint density at radius 2 is 1.92 bits per heavy atom. The molecular formula is C18H25NO6S. The molecule has 2 aliphatic rings. The summed E-state index contributed by atoms with van der Waals surface area (Å²) in [5.41, 5.74) is -1.43. The molecule has 3 rings (SSSR count). The molecule has 1 unspecified atom stereocenters. The molecule has 1 aliphatic heterocycles. The van der Waals surface area contributed by atoms with Crippen LogP contribution in [-0.4, -0.2) is 54.7 Å². The first-order valence-corrected chi connectivity index (χ1v) is 10.4. The second-order valence-corrected chi connectivity index (χ2v) is 9.09. The first-order chi connectivity index (χ1) is 12.3. The lowest BCUT2D eigenvalue weighted by atomic mass is 9.74. The van der Waals surface area contributed by atoms with Crippen LogP contribution in [0.5, 0.6) is 5.75 Å². The maximum Gasteiger partial charge on any atom is 0.313 e. The Balaban J connectivity index is 1.86. The summed E-state index contributed by atoms with van der Waals surface area (Å²) in [5.74, 6) is -0.286. The van der Waals surface area contributed by atoms with Crippen LogP contribution in [0.15, 0.2) is 29.2 Å². The Bertz CT molecular complexity index is 758. The van der Waals surface area contributed by atoms with Gasteiger partial charge in [0.25, 0.3) is 0 Å². The van der Waals surface area contributed by atoms with Crippen LogP contribution >= 0.6 is 0 Å². The fraction of sp³-hybridized carbons (Fsp3) is 0.611. The Hall–Kier alpha value is -1.64. The van der Waals surface area contributed by atoms with E-state index in [0.717, 1.165) is 12.8 Å². The quantitative estimate of drug-likeness (QED) is 0.743. The number of carboxylic acids is 1. The fourth-order valence-electron chi connectivity index (χ4n) is 3.61. The number of aliphatic hydroxyl groups is 1. The molecule has 1 aromatic rings. The number of carboxylic acid groups (broad SMARTS) is 1. The number of nitrogens with zero attached hydrogens (tertiary/aromatic N) is 1. The van der Waals surface area contributed by atoms with E-state index in [1.54, 1.807) is 12.1 Å². The summed E-state index contributed by atoms with van der Waals surface area (Å²) < 4.78 is 32.5. The van der Waals surface area contributed by atoms with Gasteiger partial charge in [-0.25, -0.2) is 8.42 Å². The monoisotopic (exact) mass is 383 g/mol. The van der Waals surface area contributed by atoms with Crippen molar-refractivity contribution >= 4 is 16.0 Å². The third-order valence-corrected chi connectivity index (χ3v) is 7.16. The average molecular weight is 383 g/mol. The minimum absolute atomic E-state index is 0.100. The number of carbonyl (C=O) groups is 1. The van der Waals surface area contributed by atoms with Gasteiger partial charge in [0.05, 0.1) is 17.6 Å². The lowest BCUT2D eigenvalue weighted by Crippen LogP contribution is -2.57. The normalized spacial score (nSPS) is 27.2. The molecule has 0 spiro atoms. The summed E-state index contributed by atoms with van der Waals surface area (Å²) in [5, 5.41) is 20.2. The van der Waals surface area contributed by atoms with Gasteiger partial charge in [0.1, 0.15) is 11.2 Å². The zero-order valence-electron chi connectivity index (χ0n) is 14.8. The van der Waals surface area contributed by atoms with Crippen molar-refractivity contribution in [2.75, 3.05) is 19.7 Å². The number of aliphatic hydroxyl groups excluding tert-OH is 1. The van der Waals surface area contributed by atoms with E-state index in [4.69, 9.17) is 4.74 Å². The summed E-state index contributed by atoms with van der Waals surface area (Å²) in [6.07, 6.45) is 1.28. The predicted molar refractivity (Wildman–Crippen MR) is 94.4 cm³/mol. The molecule has 1 saturated carbocycles. The van der Waals surface area contributed by atoms with Gasteiger partial charge in [-0.3, -0.25) is 4.79 Å². The molecule has 0 aromatic heterocycles. The topological polar surface area (TPSA) is 104 Å². The van der Waals surface area contributed by atoms with Crippen LogP contribution in [0, 0.1) is 11.3 Å². The van der Waals surface area contributed by atoms with Crippen molar-refractivity contribution in [1.82, 2.24) is 4.31 Å². The van der Waals surface area contributed by atoms with Crippen molar-refractivity contribution in [2.24, 2.45) is 11.3 Å². The number of rotatable bonds is 7. The van der Waals surface area contributed by atoms with E-state index in [-0.39, 0.29) is 30.3 Å². The molecule has 1 aromatic carbocycles. The highest BCUT2D eigenvalue weighted by Crippen LogP contribution is 2.45. The van der Waals surface area contributed by atoms with Crippen molar-refractivity contribution in [2.45, 2.75) is 43.6 Å². The van der Waals surface area contributed by atoms with E-state index in [0.29, 0.717) is 18.8 Å². The van der Waals surface area contributed by atoms with E-state index in [1.165, 1.54) is 16.4 Å². The molecule has 0 amide bonds. The van der Waals surface area contributed by atoms with Gasteiger partial charge >= 0.3 is 5.97 Å². The van der Waals surface area contributed by atoms with E-state index in [9.17, 15) is 23.4 Å². The van der Waals surface area contributed by atoms with E-state index in [1.807, 2.05) is 6.92 Å². The van der Waals surface area contributed by atoms with Gasteiger partial charge in [-0.1, -0.05) is 12.8 Å². The second-order valence-electron chi connectivity index (χ2n) is 7.16. The minimum Gasteiger partial charge on any atom is -0.494 e. The molecule has 2 fully saturated rings. The minimum atomic E-state index is -3.83. The molecule has 1 saturated heterocycles. The van der Waals surface area contributed by atoms with Gasteiger partial charge in [-0.2, -0.15) is 4.31 Å². The second kappa shape index (κ2) is 7.17. The van der Waals surface area contributed by atoms with Crippen molar-refractivity contribution in [1.29, 1.82) is 0 Å². The Labute approximate surface area is 153 Å². The summed E-state index contributed by atoms with van der Waals surface area (Å²) >= 11 is 0. The molecule has 1 aliphatic carbocycles. The van der Waals surface area contributed by atoms with Gasteiger partial charge in [-0.05, 0) is 49.9 Å². The van der Waals surface area contributed by atoms with Crippen LogP contribution in [0.25, 0.3) is 0 Å². The summed E-state index contributed by atoms with van der Waals surface area (Å²) in [4.78, 5) is 12.1. The Morgan fingerprint density at radius 3 is 2.46 bits per heavy atom. The molecule has 144 valence electrons. The zero-order chi connectivity index (χ0) is 18.9. The number of sulfonamides is 1. The fourth-order valence-corrected chi connectivity index (χ4v) is 5.13. The Kier molecular flexibility index (Phi) is 5.28. The van der Waals surface area contributed by atoms with Crippen molar-refractivity contribution in [3.8, 4) is 5.75 Å². The van der Waals surface area contributed by atoms with E-state index < -0.39 is 27.5 Å². The van der Waals surface area contributed by atoms with Crippen LogP contribution in [0.3, 0.4) is 0 Å². The molecule has 1 heterocycles. The van der Waals surface area contributed by atoms with Crippen LogP contribution in [0.4, 0.5) is 0 Å². The SMILES string of the molecule is CCOc1ccc(S(=O)(=O)N2CCC(O)[C@@](CC3CC3)(C(=O)O)C2)cc1. The predicted octanol–water partition coefficient (Wildman–Crippen LogP) is 1.71. The Morgan fingerprint density at radius 1 is 1.27 bits per heavy atom. The third-order valence-electron chi connectivity index (χ3n) is 5.30. The number of ether oxygens (including phenoxy) is 1. The highest BCUT2D eigenvalue weighted by Gasteiger charge is 2.53. The summed E-state index contributed by atoms with van der Waals surface area (Å²) in [6.45, 7) is 2.24. The van der Waals surface area contributed by atoms with Crippen molar-refractivity contribution in [3.63, 3.8) is 0 Å². The molecule has 26 heavy (non-hydrogen) atoms. The van der Waals surface area contributed by atoms with Gasteiger partial charge in [-0.15, -0.1) is 0 Å². The van der Waals surface area contributed by atoms with Gasteiger partial charge in [0.2, 0.25) is 10.0 Å². The summed E-state index contributed by atoms with van der Waals surface area (Å²) in [7, 11) is -3.83. The molecular weight excluding hydrogens is 358 g/mol. The zero-order valence-corrected chi connectivity index (χ0v) is 15.6. The van der Waals surface area contributed by atoms with E-state index in [2.05, 4.69) is 0 Å². The summed E-state index contributed by atoms with van der Waals surface area (Å²) in [6, 6.07) is 6.11. The molecule has 0 bridgehead atoms. The molecule has 2 atom stereocenters. The lowest BCUT2D eigenvalue weighted by Gasteiger charge is -2.42. The van der Waals surface area contributed by atoms with Gasteiger partial charge in [0, 0.05) is 13.1 Å². The van der Waals surface area contributed by atoms with E-state index >= 15 is 0 Å². The van der Waals surface area contributed by atoms with Crippen LogP contribution in [0.1, 0.15) is 32.6 Å². The number of aliphatic carboxylic acids is 1. The highest BCUT2D eigenvalue weighted by atomic mass is 32.2. The third kappa shape index (κ3) is 3.58. The average Bonchev–Trinajstić information content (AvgIpc) is 3.41. The maximum atomic E-state index is 13.0. The number of hydrogen-bond donors (Lipinski definition) is 2. The van der Waals surface area contributed by atoms with Gasteiger partial charge in [0.15, 0.2) is 0 Å². The maximum absolute atomic E-state index is 13.0. The van der Waals surface area contributed by atoms with Gasteiger partial charge < -0.3 is 14.9 Å². The first kappa shape index (κ1) is 19.1. The standard InChI is InChI=1S/C18H25NO6S/c1-2-25-14-5-7-15(8-6-14)26(23,24)19-10-9-16(20)18(12-19,17(21)22)11-13-3-4-13/h5-8,13,16,20H,2-4,9-12H2,1H3,(H,21,22)/t16?,18-/m0/s1. The lowest BCUT2D eigenvalue weighted by molar-refractivity contribution is -0.162. The molecule has 0 radical (unpaired) electrons. The highest BCUT2D eigenvalue weighted by molar-refractivity contribution is 7.89. The largest absolute Gasteiger partial charge is 0.494 e. The molecule has 7 nitrogen and oxygen atoms in total. The number of piperidine rings is 1. The van der Waals surface area contributed by atoms with Crippen molar-refractivity contribution < 1.29 is 28.2 Å². The molecule has 8 heteroatoms. The number of hydrogen-bond acceptors (Lipinski definition) is 5. The van der Waals surface area contributed by atoms with Crippen LogP contribution in [-0.2, 0) is 14.8 Å². The molecule has 2 N–H and O–H groups in total. The smallest absolute Gasteiger partial charge is 0.313 e. The number of benzene rings is 1. The van der Waals surface area contributed by atoms with Crippen molar-refractivity contribution in [3.05, 3.63) is 24.3 Å². The first-order valence-electron chi connectivity index (χ1n) is 8.94. The van der Waals surface area contributed by atoms with Crippen LogP contribution in [0.2, 0.25) is 0 Å². The van der Waals surface area contributed by atoms with Crippen LogP contribution < -0.4 is 4.74 Å².